The molecule has 7 nitrogen and oxygen atoms in total. The largest absolute Gasteiger partial charge is 0.493 e. The number of nitrogens with one attached hydrogen (secondary N) is 1. The summed E-state index contributed by atoms with van der Waals surface area (Å²) in [5.74, 6) is -2.30. The number of thioether (sulfide) groups is 1. The molecule has 0 bridgehead atoms. The predicted molar refractivity (Wildman–Crippen MR) is 139 cm³/mol. The van der Waals surface area contributed by atoms with Crippen LogP contribution in [0.3, 0.4) is 0 Å². The molecule has 0 unspecified atom stereocenters. The van der Waals surface area contributed by atoms with Crippen LogP contribution in [-0.4, -0.2) is 35.6 Å². The number of methoxy groups -OCH3 is 1. The SMILES string of the molecule is COc1cc(/C=C2\SC(=O)N(CC(=O)Nc3ccc(F)cc3F)C2=O)ccc1OCc1ccc(Br)cc1. The van der Waals surface area contributed by atoms with Crippen molar-refractivity contribution in [1.82, 2.24) is 4.90 Å². The highest BCUT2D eigenvalue weighted by molar-refractivity contribution is 9.10. The van der Waals surface area contributed by atoms with Crippen molar-refractivity contribution in [3.8, 4) is 11.5 Å². The van der Waals surface area contributed by atoms with E-state index in [1.807, 2.05) is 24.3 Å². The first-order valence-electron chi connectivity index (χ1n) is 10.8. The maximum absolute atomic E-state index is 13.8. The van der Waals surface area contributed by atoms with E-state index in [2.05, 4.69) is 21.2 Å². The molecule has 37 heavy (non-hydrogen) atoms. The number of carbonyl (C=O) groups is 3. The molecule has 3 aromatic carbocycles. The zero-order valence-electron chi connectivity index (χ0n) is 19.3. The van der Waals surface area contributed by atoms with Crippen LogP contribution >= 0.6 is 27.7 Å². The highest BCUT2D eigenvalue weighted by atomic mass is 79.9. The zero-order chi connectivity index (χ0) is 26.5. The molecule has 0 atom stereocenters. The molecule has 1 N–H and O–H groups in total. The summed E-state index contributed by atoms with van der Waals surface area (Å²) in [6.07, 6.45) is 1.50. The lowest BCUT2D eigenvalue weighted by Gasteiger charge is -2.13. The van der Waals surface area contributed by atoms with Crippen LogP contribution in [0.25, 0.3) is 6.08 Å². The van der Waals surface area contributed by atoms with Crippen LogP contribution < -0.4 is 14.8 Å². The Labute approximate surface area is 223 Å². The quantitative estimate of drug-likeness (QED) is 0.325. The summed E-state index contributed by atoms with van der Waals surface area (Å²) in [7, 11) is 1.49. The summed E-state index contributed by atoms with van der Waals surface area (Å²) in [5.41, 5.74) is 1.29. The molecule has 0 saturated carbocycles. The normalized spacial score (nSPS) is 14.3. The van der Waals surface area contributed by atoms with Gasteiger partial charge in [0.2, 0.25) is 5.91 Å². The van der Waals surface area contributed by atoms with Gasteiger partial charge in [0.25, 0.3) is 11.1 Å². The minimum atomic E-state index is -0.972. The molecule has 11 heteroatoms. The highest BCUT2D eigenvalue weighted by Gasteiger charge is 2.36. The molecule has 1 fully saturated rings. The van der Waals surface area contributed by atoms with E-state index in [1.165, 1.54) is 13.2 Å². The van der Waals surface area contributed by atoms with Crippen LogP contribution in [0.5, 0.6) is 11.5 Å². The van der Waals surface area contributed by atoms with E-state index in [1.54, 1.807) is 18.2 Å². The molecular formula is C26H19BrF2N2O5S. The lowest BCUT2D eigenvalue weighted by molar-refractivity contribution is -0.127. The molecule has 1 heterocycles. The molecule has 0 radical (unpaired) electrons. The molecule has 1 saturated heterocycles. The van der Waals surface area contributed by atoms with Crippen molar-refractivity contribution in [3.05, 3.63) is 92.8 Å². The Balaban J connectivity index is 1.42. The van der Waals surface area contributed by atoms with Gasteiger partial charge in [0.15, 0.2) is 11.5 Å². The van der Waals surface area contributed by atoms with Gasteiger partial charge in [-0.1, -0.05) is 34.1 Å². The fourth-order valence-corrected chi connectivity index (χ4v) is 4.45. The van der Waals surface area contributed by atoms with Gasteiger partial charge in [0.05, 0.1) is 17.7 Å². The van der Waals surface area contributed by atoms with Gasteiger partial charge in [-0.2, -0.15) is 0 Å². The van der Waals surface area contributed by atoms with Crippen molar-refractivity contribution < 1.29 is 32.6 Å². The number of hydrogen-bond acceptors (Lipinski definition) is 6. The average molecular weight is 589 g/mol. The second-order valence-electron chi connectivity index (χ2n) is 7.77. The number of anilines is 1. The number of carbonyl (C=O) groups excluding carboxylic acids is 3. The summed E-state index contributed by atoms with van der Waals surface area (Å²) in [5, 5.41) is 1.58. The van der Waals surface area contributed by atoms with Gasteiger partial charge < -0.3 is 14.8 Å². The number of amides is 3. The summed E-state index contributed by atoms with van der Waals surface area (Å²) in [6.45, 7) is -0.295. The Morgan fingerprint density at radius 3 is 2.51 bits per heavy atom. The van der Waals surface area contributed by atoms with Crippen LogP contribution in [0.2, 0.25) is 0 Å². The van der Waals surface area contributed by atoms with E-state index < -0.39 is 35.2 Å². The average Bonchev–Trinajstić information content (AvgIpc) is 3.13. The Kier molecular flexibility index (Phi) is 8.24. The van der Waals surface area contributed by atoms with Crippen LogP contribution in [0.4, 0.5) is 19.3 Å². The fourth-order valence-electron chi connectivity index (χ4n) is 3.35. The van der Waals surface area contributed by atoms with Crippen LogP contribution in [0.1, 0.15) is 11.1 Å². The predicted octanol–water partition coefficient (Wildman–Crippen LogP) is 5.99. The van der Waals surface area contributed by atoms with E-state index in [0.29, 0.717) is 41.5 Å². The monoisotopic (exact) mass is 588 g/mol. The van der Waals surface area contributed by atoms with Gasteiger partial charge in [-0.25, -0.2) is 8.78 Å². The van der Waals surface area contributed by atoms with E-state index in [4.69, 9.17) is 9.47 Å². The van der Waals surface area contributed by atoms with Crippen LogP contribution in [0.15, 0.2) is 70.0 Å². The van der Waals surface area contributed by atoms with E-state index >= 15 is 0 Å². The van der Waals surface area contributed by atoms with E-state index in [-0.39, 0.29) is 10.6 Å². The second-order valence-corrected chi connectivity index (χ2v) is 9.67. The molecule has 1 aliphatic rings. The Hall–Kier alpha value is -3.70. The maximum Gasteiger partial charge on any atom is 0.294 e. The van der Waals surface area contributed by atoms with Crippen LogP contribution in [0, 0.1) is 11.6 Å². The van der Waals surface area contributed by atoms with E-state index in [0.717, 1.165) is 27.1 Å². The fraction of sp³-hybridized carbons (Fsp3) is 0.115. The molecule has 0 aromatic heterocycles. The number of benzene rings is 3. The lowest BCUT2D eigenvalue weighted by atomic mass is 10.1. The number of hydrogen-bond donors (Lipinski definition) is 1. The summed E-state index contributed by atoms with van der Waals surface area (Å²) in [6, 6.07) is 15.4. The smallest absolute Gasteiger partial charge is 0.294 e. The first-order valence-corrected chi connectivity index (χ1v) is 12.4. The minimum absolute atomic E-state index is 0.108. The van der Waals surface area contributed by atoms with Gasteiger partial charge >= 0.3 is 0 Å². The minimum Gasteiger partial charge on any atom is -0.493 e. The lowest BCUT2D eigenvalue weighted by Crippen LogP contribution is -2.36. The van der Waals surface area contributed by atoms with Crippen molar-refractivity contribution in [2.75, 3.05) is 19.0 Å². The molecular weight excluding hydrogens is 570 g/mol. The van der Waals surface area contributed by atoms with E-state index in [9.17, 15) is 23.2 Å². The molecule has 190 valence electrons. The molecule has 0 spiro atoms. The van der Waals surface area contributed by atoms with Gasteiger partial charge in [-0.3, -0.25) is 19.3 Å². The van der Waals surface area contributed by atoms with Crippen molar-refractivity contribution in [2.45, 2.75) is 6.61 Å². The molecule has 4 rings (SSSR count). The number of ether oxygens (including phenoxy) is 2. The van der Waals surface area contributed by atoms with Gasteiger partial charge in [0, 0.05) is 10.5 Å². The summed E-state index contributed by atoms with van der Waals surface area (Å²) < 4.78 is 39.1. The van der Waals surface area contributed by atoms with Crippen molar-refractivity contribution in [3.63, 3.8) is 0 Å². The Morgan fingerprint density at radius 1 is 1.05 bits per heavy atom. The van der Waals surface area contributed by atoms with Gasteiger partial charge in [-0.15, -0.1) is 0 Å². The third-order valence-electron chi connectivity index (χ3n) is 5.17. The van der Waals surface area contributed by atoms with Crippen LogP contribution in [-0.2, 0) is 16.2 Å². The number of imide groups is 1. The standard InChI is InChI=1S/C26H19BrF2N2O5S/c1-35-22-10-16(4-9-21(22)36-14-15-2-5-17(27)6-3-15)11-23-25(33)31(26(34)37-23)13-24(32)30-20-8-7-18(28)12-19(20)29/h2-12H,13-14H2,1H3,(H,30,32)/b23-11-. The third kappa shape index (κ3) is 6.55. The van der Waals surface area contributed by atoms with Gasteiger partial charge in [0.1, 0.15) is 24.8 Å². The van der Waals surface area contributed by atoms with Gasteiger partial charge in [-0.05, 0) is 65.4 Å². The molecule has 3 aromatic rings. The number of halogens is 3. The Morgan fingerprint density at radius 2 is 1.81 bits per heavy atom. The topological polar surface area (TPSA) is 84.9 Å². The first kappa shape index (κ1) is 26.4. The van der Waals surface area contributed by atoms with Crippen molar-refractivity contribution >= 4 is 56.5 Å². The number of nitrogens with zero attached hydrogens (tertiary/aromatic N) is 1. The summed E-state index contributed by atoms with van der Waals surface area (Å²) in [4.78, 5) is 38.3. The summed E-state index contributed by atoms with van der Waals surface area (Å²) >= 11 is 4.06. The maximum atomic E-state index is 13.8. The van der Waals surface area contributed by atoms with Crippen molar-refractivity contribution in [2.24, 2.45) is 0 Å². The number of rotatable bonds is 8. The molecule has 0 aliphatic carbocycles. The Bertz CT molecular complexity index is 1400. The molecule has 1 aliphatic heterocycles. The third-order valence-corrected chi connectivity index (χ3v) is 6.61. The second kappa shape index (κ2) is 11.6. The zero-order valence-corrected chi connectivity index (χ0v) is 21.7. The van der Waals surface area contributed by atoms with Crippen molar-refractivity contribution in [1.29, 1.82) is 0 Å². The molecule has 3 amide bonds. The first-order chi connectivity index (χ1) is 17.7. The highest BCUT2D eigenvalue weighted by Crippen LogP contribution is 2.35.